The molecule has 0 radical (unpaired) electrons. The lowest BCUT2D eigenvalue weighted by atomic mass is 10.2. The molecule has 0 amide bonds. The summed E-state index contributed by atoms with van der Waals surface area (Å²) in [6.45, 7) is 0. The average molecular weight is 395 g/mol. The molecule has 4 rings (SSSR count). The molecule has 8 heteroatoms. The Bertz CT molecular complexity index is 1260. The van der Waals surface area contributed by atoms with Crippen molar-refractivity contribution in [2.75, 3.05) is 21.3 Å². The molecule has 2 aromatic heterocycles. The highest BCUT2D eigenvalue weighted by Gasteiger charge is 2.14. The first kappa shape index (κ1) is 18.0. The molecule has 0 aliphatic heterocycles. The van der Waals surface area contributed by atoms with E-state index in [0.717, 1.165) is 16.9 Å². The summed E-state index contributed by atoms with van der Waals surface area (Å²) in [6.07, 6.45) is 1.81. The van der Waals surface area contributed by atoms with Crippen LogP contribution in [0.4, 0.5) is 0 Å². The zero-order valence-electron chi connectivity index (χ0n) is 15.5. The number of fused-ring (bicyclic) bond motifs is 1. The zero-order valence-corrected chi connectivity index (χ0v) is 16.3. The van der Waals surface area contributed by atoms with Gasteiger partial charge in [0.2, 0.25) is 4.96 Å². The van der Waals surface area contributed by atoms with Crippen LogP contribution in [0.5, 0.6) is 17.2 Å². The lowest BCUT2D eigenvalue weighted by molar-refractivity contribution is 0.355. The Balaban J connectivity index is 1.76. The Morgan fingerprint density at radius 3 is 2.54 bits per heavy atom. The van der Waals surface area contributed by atoms with Crippen molar-refractivity contribution >= 4 is 22.4 Å². The summed E-state index contributed by atoms with van der Waals surface area (Å²) in [5.41, 5.74) is 1.41. The second-order valence-electron chi connectivity index (χ2n) is 5.89. The molecule has 28 heavy (non-hydrogen) atoms. The van der Waals surface area contributed by atoms with E-state index >= 15 is 0 Å². The van der Waals surface area contributed by atoms with Gasteiger partial charge in [0.05, 0.1) is 25.9 Å². The van der Waals surface area contributed by atoms with Gasteiger partial charge in [-0.25, -0.2) is 0 Å². The topological polar surface area (TPSA) is 74.9 Å². The molecule has 0 bridgehead atoms. The van der Waals surface area contributed by atoms with Crippen LogP contribution >= 0.6 is 11.3 Å². The minimum absolute atomic E-state index is 0.206. The van der Waals surface area contributed by atoms with Crippen LogP contribution in [0, 0.1) is 0 Å². The standard InChI is InChI=1S/C20H17N3O4S/c1-25-14-6-4-5-12(9-14)10-17-19(24)23-20(28-17)21-18(22-23)13-7-8-15(26-2)16(11-13)27-3/h4-11H,1-3H3/b17-10-. The molecule has 0 N–H and O–H groups in total. The Kier molecular flexibility index (Phi) is 4.70. The average Bonchev–Trinajstić information content (AvgIpc) is 3.27. The van der Waals surface area contributed by atoms with Gasteiger partial charge in [0.15, 0.2) is 17.3 Å². The van der Waals surface area contributed by atoms with E-state index in [1.54, 1.807) is 33.5 Å². The number of methoxy groups -OCH3 is 3. The molecule has 0 aliphatic rings. The molecule has 7 nitrogen and oxygen atoms in total. The van der Waals surface area contributed by atoms with E-state index in [1.165, 1.54) is 15.9 Å². The van der Waals surface area contributed by atoms with E-state index in [2.05, 4.69) is 10.1 Å². The molecule has 0 saturated heterocycles. The van der Waals surface area contributed by atoms with Crippen molar-refractivity contribution < 1.29 is 14.2 Å². The molecular weight excluding hydrogens is 378 g/mol. The van der Waals surface area contributed by atoms with E-state index in [9.17, 15) is 4.79 Å². The van der Waals surface area contributed by atoms with E-state index in [4.69, 9.17) is 14.2 Å². The van der Waals surface area contributed by atoms with Crippen LogP contribution in [-0.4, -0.2) is 35.9 Å². The van der Waals surface area contributed by atoms with Gasteiger partial charge in [0.25, 0.3) is 5.56 Å². The van der Waals surface area contributed by atoms with Gasteiger partial charge in [-0.2, -0.15) is 9.50 Å². The van der Waals surface area contributed by atoms with Crippen LogP contribution in [-0.2, 0) is 0 Å². The molecule has 0 atom stereocenters. The predicted molar refractivity (Wildman–Crippen MR) is 107 cm³/mol. The SMILES string of the molecule is COc1cccc(/C=c2\sc3nc(-c4ccc(OC)c(OC)c4)nn3c2=O)c1. The first-order valence-electron chi connectivity index (χ1n) is 8.40. The summed E-state index contributed by atoms with van der Waals surface area (Å²) < 4.78 is 17.7. The number of rotatable bonds is 5. The van der Waals surface area contributed by atoms with Crippen LogP contribution in [0.3, 0.4) is 0 Å². The fourth-order valence-corrected chi connectivity index (χ4v) is 3.72. The van der Waals surface area contributed by atoms with Gasteiger partial charge in [-0.3, -0.25) is 4.79 Å². The molecule has 2 aromatic carbocycles. The van der Waals surface area contributed by atoms with Gasteiger partial charge in [-0.15, -0.1) is 5.10 Å². The maximum Gasteiger partial charge on any atom is 0.291 e. The van der Waals surface area contributed by atoms with E-state index in [0.29, 0.717) is 26.8 Å². The van der Waals surface area contributed by atoms with Crippen molar-refractivity contribution in [2.24, 2.45) is 0 Å². The van der Waals surface area contributed by atoms with Crippen LogP contribution in [0.25, 0.3) is 22.4 Å². The van der Waals surface area contributed by atoms with Gasteiger partial charge in [-0.1, -0.05) is 23.5 Å². The number of hydrogen-bond donors (Lipinski definition) is 0. The van der Waals surface area contributed by atoms with Crippen molar-refractivity contribution in [1.29, 1.82) is 0 Å². The minimum Gasteiger partial charge on any atom is -0.497 e. The number of hydrogen-bond acceptors (Lipinski definition) is 7. The zero-order chi connectivity index (χ0) is 19.7. The maximum absolute atomic E-state index is 12.7. The highest BCUT2D eigenvalue weighted by Crippen LogP contribution is 2.31. The summed E-state index contributed by atoms with van der Waals surface area (Å²) >= 11 is 1.29. The van der Waals surface area contributed by atoms with Crippen molar-refractivity contribution in [1.82, 2.24) is 14.6 Å². The van der Waals surface area contributed by atoms with Crippen LogP contribution in [0.15, 0.2) is 47.3 Å². The first-order valence-corrected chi connectivity index (χ1v) is 9.22. The second kappa shape index (κ2) is 7.32. The van der Waals surface area contributed by atoms with Gasteiger partial charge in [0, 0.05) is 5.56 Å². The van der Waals surface area contributed by atoms with Gasteiger partial charge in [-0.05, 0) is 42.0 Å². The quantitative estimate of drug-likeness (QED) is 0.517. The summed E-state index contributed by atoms with van der Waals surface area (Å²) in [6, 6.07) is 12.9. The molecule has 0 unspecified atom stereocenters. The molecular formula is C20H17N3O4S. The van der Waals surface area contributed by atoms with Gasteiger partial charge < -0.3 is 14.2 Å². The molecule has 4 aromatic rings. The highest BCUT2D eigenvalue weighted by molar-refractivity contribution is 7.15. The highest BCUT2D eigenvalue weighted by atomic mass is 32.1. The van der Waals surface area contributed by atoms with Crippen molar-refractivity contribution in [2.45, 2.75) is 0 Å². The van der Waals surface area contributed by atoms with Crippen molar-refractivity contribution in [3.63, 3.8) is 0 Å². The van der Waals surface area contributed by atoms with Crippen LogP contribution in [0.1, 0.15) is 5.56 Å². The van der Waals surface area contributed by atoms with Crippen molar-refractivity contribution in [3.8, 4) is 28.6 Å². The predicted octanol–water partition coefficient (Wildman–Crippen LogP) is 2.39. The molecule has 0 spiro atoms. The smallest absolute Gasteiger partial charge is 0.291 e. The van der Waals surface area contributed by atoms with Crippen LogP contribution < -0.4 is 24.3 Å². The number of nitrogens with zero attached hydrogens (tertiary/aromatic N) is 3. The number of thiazole rings is 1. The van der Waals surface area contributed by atoms with E-state index < -0.39 is 0 Å². The Labute approximate surface area is 164 Å². The van der Waals surface area contributed by atoms with Gasteiger partial charge >= 0.3 is 0 Å². The summed E-state index contributed by atoms with van der Waals surface area (Å²) in [5.74, 6) is 2.38. The lowest BCUT2D eigenvalue weighted by Crippen LogP contribution is -2.23. The maximum atomic E-state index is 12.7. The lowest BCUT2D eigenvalue weighted by Gasteiger charge is -2.07. The first-order chi connectivity index (χ1) is 13.6. The Morgan fingerprint density at radius 1 is 1.00 bits per heavy atom. The Morgan fingerprint density at radius 2 is 1.82 bits per heavy atom. The summed E-state index contributed by atoms with van der Waals surface area (Å²) in [5, 5.41) is 4.37. The van der Waals surface area contributed by atoms with E-state index in [-0.39, 0.29) is 5.56 Å². The summed E-state index contributed by atoms with van der Waals surface area (Å²) in [4.78, 5) is 17.8. The summed E-state index contributed by atoms with van der Waals surface area (Å²) in [7, 11) is 4.75. The van der Waals surface area contributed by atoms with Crippen molar-refractivity contribution in [3.05, 3.63) is 62.9 Å². The third-order valence-corrected chi connectivity index (χ3v) is 5.17. The third-order valence-electron chi connectivity index (χ3n) is 4.22. The monoisotopic (exact) mass is 395 g/mol. The fraction of sp³-hybridized carbons (Fsp3) is 0.150. The minimum atomic E-state index is -0.206. The van der Waals surface area contributed by atoms with Gasteiger partial charge in [0.1, 0.15) is 5.75 Å². The number of benzene rings is 2. The second-order valence-corrected chi connectivity index (χ2v) is 6.90. The molecule has 2 heterocycles. The number of ether oxygens (including phenoxy) is 3. The third kappa shape index (κ3) is 3.18. The molecule has 0 fully saturated rings. The largest absolute Gasteiger partial charge is 0.497 e. The molecule has 0 saturated carbocycles. The molecule has 142 valence electrons. The molecule has 0 aliphatic carbocycles. The van der Waals surface area contributed by atoms with Crippen LogP contribution in [0.2, 0.25) is 0 Å². The van der Waals surface area contributed by atoms with E-state index in [1.807, 2.05) is 36.4 Å². The fourth-order valence-electron chi connectivity index (χ4n) is 2.81. The normalized spacial score (nSPS) is 11.8. The Hall–Kier alpha value is -3.39. The number of aromatic nitrogens is 3.